The third-order valence-electron chi connectivity index (χ3n) is 2.09. The van der Waals surface area contributed by atoms with E-state index < -0.39 is 0 Å². The van der Waals surface area contributed by atoms with Crippen LogP contribution in [0.5, 0.6) is 5.75 Å². The fourth-order valence-electron chi connectivity index (χ4n) is 1.41. The molecule has 1 aromatic carbocycles. The summed E-state index contributed by atoms with van der Waals surface area (Å²) in [7, 11) is 1.64. The summed E-state index contributed by atoms with van der Waals surface area (Å²) >= 11 is 6.10. The molecule has 0 aliphatic heterocycles. The summed E-state index contributed by atoms with van der Waals surface area (Å²) < 4.78 is 5.12. The van der Waals surface area contributed by atoms with Crippen molar-refractivity contribution in [1.82, 2.24) is 4.98 Å². The summed E-state index contributed by atoms with van der Waals surface area (Å²) in [6.45, 7) is 1.93. The molecule has 0 saturated carbocycles. The Morgan fingerprint density at radius 2 is 2.00 bits per heavy atom. The highest BCUT2D eigenvalue weighted by atomic mass is 35.5. The van der Waals surface area contributed by atoms with E-state index in [1.807, 2.05) is 31.2 Å². The minimum atomic E-state index is 0. The molecule has 0 spiro atoms. The maximum Gasteiger partial charge on any atom is 0.119 e. The zero-order valence-electron chi connectivity index (χ0n) is 8.45. The van der Waals surface area contributed by atoms with Crippen LogP contribution in [0.15, 0.2) is 24.3 Å². The van der Waals surface area contributed by atoms with Crippen LogP contribution in [0.2, 0.25) is 5.02 Å². The van der Waals surface area contributed by atoms with Gasteiger partial charge < -0.3 is 4.74 Å². The van der Waals surface area contributed by atoms with Crippen molar-refractivity contribution in [2.24, 2.45) is 0 Å². The number of fused-ring (bicyclic) bond motifs is 1. The van der Waals surface area contributed by atoms with Crippen LogP contribution < -0.4 is 4.74 Å². The summed E-state index contributed by atoms with van der Waals surface area (Å²) in [5.74, 6) is 0.796. The van der Waals surface area contributed by atoms with Gasteiger partial charge in [-0.15, -0.1) is 12.4 Å². The normalized spacial score (nSPS) is 9.80. The maximum atomic E-state index is 6.10. The first-order chi connectivity index (χ1) is 6.70. The summed E-state index contributed by atoms with van der Waals surface area (Å²) in [5.41, 5.74) is 1.82. The number of halogens is 2. The van der Waals surface area contributed by atoms with E-state index in [2.05, 4.69) is 4.98 Å². The Bertz CT molecular complexity index is 485. The number of benzene rings is 1. The molecule has 80 valence electrons. The number of pyridine rings is 1. The molecule has 0 N–H and O–H groups in total. The van der Waals surface area contributed by atoms with Gasteiger partial charge in [-0.1, -0.05) is 11.6 Å². The number of hydrogen-bond donors (Lipinski definition) is 0. The number of rotatable bonds is 1. The SMILES string of the molecule is COc1ccc2nc(C)cc(Cl)c2c1.Cl. The second kappa shape index (κ2) is 4.69. The lowest BCUT2D eigenvalue weighted by atomic mass is 10.2. The smallest absolute Gasteiger partial charge is 0.119 e. The van der Waals surface area contributed by atoms with E-state index in [1.54, 1.807) is 7.11 Å². The number of hydrogen-bond acceptors (Lipinski definition) is 2. The van der Waals surface area contributed by atoms with Crippen LogP contribution in [0.3, 0.4) is 0 Å². The van der Waals surface area contributed by atoms with Gasteiger partial charge in [0.25, 0.3) is 0 Å². The highest BCUT2D eigenvalue weighted by molar-refractivity contribution is 6.35. The first-order valence-corrected chi connectivity index (χ1v) is 4.69. The Labute approximate surface area is 99.6 Å². The van der Waals surface area contributed by atoms with Gasteiger partial charge in [0.2, 0.25) is 0 Å². The van der Waals surface area contributed by atoms with E-state index in [0.29, 0.717) is 5.02 Å². The van der Waals surface area contributed by atoms with Crippen molar-refractivity contribution in [2.75, 3.05) is 7.11 Å². The van der Waals surface area contributed by atoms with Crippen LogP contribution in [0, 0.1) is 6.92 Å². The molecule has 15 heavy (non-hydrogen) atoms. The van der Waals surface area contributed by atoms with Crippen molar-refractivity contribution in [2.45, 2.75) is 6.92 Å². The average molecular weight is 244 g/mol. The number of aryl methyl sites for hydroxylation is 1. The molecule has 4 heteroatoms. The summed E-state index contributed by atoms with van der Waals surface area (Å²) in [6, 6.07) is 7.53. The molecule has 1 aromatic heterocycles. The Hall–Kier alpha value is -0.990. The zero-order valence-corrected chi connectivity index (χ0v) is 10.0. The number of ether oxygens (including phenoxy) is 1. The average Bonchev–Trinajstić information content (AvgIpc) is 2.17. The Kier molecular flexibility index (Phi) is 3.77. The highest BCUT2D eigenvalue weighted by Crippen LogP contribution is 2.26. The molecular formula is C11H11Cl2NO. The highest BCUT2D eigenvalue weighted by Gasteiger charge is 2.02. The number of aromatic nitrogens is 1. The molecule has 0 bridgehead atoms. The van der Waals surface area contributed by atoms with Gasteiger partial charge in [-0.25, -0.2) is 0 Å². The van der Waals surface area contributed by atoms with Crippen molar-refractivity contribution in [1.29, 1.82) is 0 Å². The first-order valence-electron chi connectivity index (χ1n) is 4.31. The van der Waals surface area contributed by atoms with Crippen molar-refractivity contribution >= 4 is 34.9 Å². The Balaban J connectivity index is 0.00000112. The van der Waals surface area contributed by atoms with Gasteiger partial charge in [0.1, 0.15) is 5.75 Å². The Morgan fingerprint density at radius 3 is 2.67 bits per heavy atom. The molecule has 0 aliphatic carbocycles. The van der Waals surface area contributed by atoms with E-state index in [9.17, 15) is 0 Å². The van der Waals surface area contributed by atoms with Crippen molar-refractivity contribution in [3.8, 4) is 5.75 Å². The lowest BCUT2D eigenvalue weighted by Crippen LogP contribution is -1.87. The van der Waals surface area contributed by atoms with Gasteiger partial charge >= 0.3 is 0 Å². The molecule has 1 heterocycles. The summed E-state index contributed by atoms with van der Waals surface area (Å²) in [6.07, 6.45) is 0. The molecule has 0 aliphatic rings. The zero-order chi connectivity index (χ0) is 10.1. The molecule has 0 amide bonds. The molecule has 0 saturated heterocycles. The van der Waals surface area contributed by atoms with E-state index in [4.69, 9.17) is 16.3 Å². The molecule has 0 radical (unpaired) electrons. The minimum Gasteiger partial charge on any atom is -0.497 e. The lowest BCUT2D eigenvalue weighted by molar-refractivity contribution is 0.415. The second-order valence-corrected chi connectivity index (χ2v) is 3.54. The third kappa shape index (κ3) is 2.33. The summed E-state index contributed by atoms with van der Waals surface area (Å²) in [5, 5.41) is 1.64. The fourth-order valence-corrected chi connectivity index (χ4v) is 1.72. The number of methoxy groups -OCH3 is 1. The monoisotopic (exact) mass is 243 g/mol. The number of nitrogens with zero attached hydrogens (tertiary/aromatic N) is 1. The molecule has 2 nitrogen and oxygen atoms in total. The van der Waals surface area contributed by atoms with Gasteiger partial charge in [-0.3, -0.25) is 4.98 Å². The molecular weight excluding hydrogens is 233 g/mol. The van der Waals surface area contributed by atoms with Gasteiger partial charge in [0.15, 0.2) is 0 Å². The van der Waals surface area contributed by atoms with E-state index in [-0.39, 0.29) is 12.4 Å². The van der Waals surface area contributed by atoms with E-state index in [0.717, 1.165) is 22.3 Å². The third-order valence-corrected chi connectivity index (χ3v) is 2.41. The van der Waals surface area contributed by atoms with Gasteiger partial charge in [0, 0.05) is 11.1 Å². The van der Waals surface area contributed by atoms with Crippen molar-refractivity contribution in [3.05, 3.63) is 35.0 Å². The van der Waals surface area contributed by atoms with Crippen LogP contribution in [-0.2, 0) is 0 Å². The standard InChI is InChI=1S/C11H10ClNO.ClH/c1-7-5-10(12)9-6-8(14-2)3-4-11(9)13-7;/h3-6H,1-2H3;1H. The maximum absolute atomic E-state index is 6.10. The van der Waals surface area contributed by atoms with Crippen molar-refractivity contribution in [3.63, 3.8) is 0 Å². The van der Waals surface area contributed by atoms with Crippen LogP contribution in [0.1, 0.15) is 5.69 Å². The first kappa shape index (κ1) is 12.1. The topological polar surface area (TPSA) is 22.1 Å². The van der Waals surface area contributed by atoms with Gasteiger partial charge in [-0.2, -0.15) is 0 Å². The summed E-state index contributed by atoms with van der Waals surface area (Å²) in [4.78, 5) is 4.37. The van der Waals surface area contributed by atoms with E-state index in [1.165, 1.54) is 0 Å². The predicted octanol–water partition coefficient (Wildman–Crippen LogP) is 3.63. The van der Waals surface area contributed by atoms with Crippen LogP contribution in [0.25, 0.3) is 10.9 Å². The van der Waals surface area contributed by atoms with Crippen LogP contribution in [0.4, 0.5) is 0 Å². The molecule has 0 unspecified atom stereocenters. The van der Waals surface area contributed by atoms with Gasteiger partial charge in [0.05, 0.1) is 17.6 Å². The second-order valence-electron chi connectivity index (χ2n) is 3.13. The van der Waals surface area contributed by atoms with Crippen LogP contribution >= 0.6 is 24.0 Å². The van der Waals surface area contributed by atoms with Crippen molar-refractivity contribution < 1.29 is 4.74 Å². The quantitative estimate of drug-likeness (QED) is 0.764. The fraction of sp³-hybridized carbons (Fsp3) is 0.182. The van der Waals surface area contributed by atoms with Crippen LogP contribution in [-0.4, -0.2) is 12.1 Å². The molecule has 2 rings (SSSR count). The van der Waals surface area contributed by atoms with E-state index >= 15 is 0 Å². The Morgan fingerprint density at radius 1 is 1.27 bits per heavy atom. The minimum absolute atomic E-state index is 0. The molecule has 0 atom stereocenters. The largest absolute Gasteiger partial charge is 0.497 e. The lowest BCUT2D eigenvalue weighted by Gasteiger charge is -2.04. The molecule has 0 fully saturated rings. The molecule has 2 aromatic rings. The van der Waals surface area contributed by atoms with Gasteiger partial charge in [-0.05, 0) is 31.2 Å². The predicted molar refractivity (Wildman–Crippen MR) is 65.3 cm³/mol.